The zero-order valence-corrected chi connectivity index (χ0v) is 12.6. The van der Waals surface area contributed by atoms with E-state index in [0.29, 0.717) is 6.54 Å². The standard InChI is InChI=1S/C12H22N4O2S/c1-10-7-15(3)14-12(10)9-16-6-4-5-11(8-16)19(17,18)13-2/h7,11,13H,4-6,8-9H2,1-3H3/t11-/m0/s1. The molecule has 1 aliphatic rings. The minimum atomic E-state index is -3.17. The van der Waals surface area contributed by atoms with Gasteiger partial charge in [-0.1, -0.05) is 0 Å². The molecule has 0 spiro atoms. The number of piperidine rings is 1. The highest BCUT2D eigenvalue weighted by Gasteiger charge is 2.29. The molecule has 2 rings (SSSR count). The number of sulfonamides is 1. The number of rotatable bonds is 4. The first-order chi connectivity index (χ1) is 8.92. The van der Waals surface area contributed by atoms with Gasteiger partial charge in [0.05, 0.1) is 10.9 Å². The molecular formula is C12H22N4O2S. The van der Waals surface area contributed by atoms with Crippen LogP contribution < -0.4 is 4.72 Å². The van der Waals surface area contributed by atoms with Crippen LogP contribution in [-0.4, -0.2) is 48.5 Å². The van der Waals surface area contributed by atoms with Gasteiger partial charge in [0.15, 0.2) is 0 Å². The number of nitrogens with zero attached hydrogens (tertiary/aromatic N) is 3. The Bertz CT molecular complexity index is 538. The number of aryl methyl sites for hydroxylation is 2. The fourth-order valence-electron chi connectivity index (χ4n) is 2.60. The predicted molar refractivity (Wildman–Crippen MR) is 74.2 cm³/mol. The molecule has 0 aromatic carbocycles. The van der Waals surface area contributed by atoms with E-state index in [2.05, 4.69) is 14.7 Å². The van der Waals surface area contributed by atoms with Gasteiger partial charge in [-0.2, -0.15) is 5.10 Å². The van der Waals surface area contributed by atoms with E-state index in [9.17, 15) is 8.42 Å². The summed E-state index contributed by atoms with van der Waals surface area (Å²) in [6.45, 7) is 4.28. The summed E-state index contributed by atoms with van der Waals surface area (Å²) < 4.78 is 28.0. The van der Waals surface area contributed by atoms with Crippen molar-refractivity contribution in [1.82, 2.24) is 19.4 Å². The lowest BCUT2D eigenvalue weighted by molar-refractivity contribution is 0.219. The fraction of sp³-hybridized carbons (Fsp3) is 0.750. The van der Waals surface area contributed by atoms with Gasteiger partial charge in [0.25, 0.3) is 0 Å². The monoisotopic (exact) mass is 286 g/mol. The summed E-state index contributed by atoms with van der Waals surface area (Å²) in [4.78, 5) is 2.18. The number of likely N-dealkylation sites (tertiary alicyclic amines) is 1. The normalized spacial score (nSPS) is 21.7. The van der Waals surface area contributed by atoms with Gasteiger partial charge in [0.2, 0.25) is 10.0 Å². The van der Waals surface area contributed by atoms with E-state index >= 15 is 0 Å². The van der Waals surface area contributed by atoms with Gasteiger partial charge in [-0.3, -0.25) is 9.58 Å². The molecule has 2 heterocycles. The Labute approximate surface area is 114 Å². The Kier molecular flexibility index (Phi) is 4.27. The van der Waals surface area contributed by atoms with Gasteiger partial charge in [-0.15, -0.1) is 0 Å². The Morgan fingerprint density at radius 3 is 2.84 bits per heavy atom. The van der Waals surface area contributed by atoms with Crippen LogP contribution in [0, 0.1) is 6.92 Å². The molecule has 1 aromatic heterocycles. The SMILES string of the molecule is CNS(=O)(=O)[C@H]1CCCN(Cc2nn(C)cc2C)C1. The minimum Gasteiger partial charge on any atom is -0.296 e. The van der Waals surface area contributed by atoms with Crippen molar-refractivity contribution in [2.45, 2.75) is 31.6 Å². The average molecular weight is 286 g/mol. The van der Waals surface area contributed by atoms with E-state index in [1.54, 1.807) is 4.68 Å². The third-order valence-corrected chi connectivity index (χ3v) is 5.50. The van der Waals surface area contributed by atoms with Crippen LogP contribution in [0.3, 0.4) is 0 Å². The zero-order valence-electron chi connectivity index (χ0n) is 11.8. The third-order valence-electron chi connectivity index (χ3n) is 3.67. The van der Waals surface area contributed by atoms with Gasteiger partial charge in [-0.25, -0.2) is 13.1 Å². The van der Waals surface area contributed by atoms with Crippen LogP contribution in [0.4, 0.5) is 0 Å². The molecule has 19 heavy (non-hydrogen) atoms. The maximum Gasteiger partial charge on any atom is 0.215 e. The molecule has 0 amide bonds. The predicted octanol–water partition coefficient (Wildman–Crippen LogP) is 0.242. The van der Waals surface area contributed by atoms with Crippen molar-refractivity contribution in [2.24, 2.45) is 7.05 Å². The molecule has 1 atom stereocenters. The Balaban J connectivity index is 2.04. The van der Waals surface area contributed by atoms with Gasteiger partial charge in [0, 0.05) is 26.3 Å². The lowest BCUT2D eigenvalue weighted by Crippen LogP contribution is -2.45. The van der Waals surface area contributed by atoms with E-state index in [4.69, 9.17) is 0 Å². The van der Waals surface area contributed by atoms with Crippen molar-refractivity contribution in [3.05, 3.63) is 17.5 Å². The summed E-state index contributed by atoms with van der Waals surface area (Å²) in [5.74, 6) is 0. The quantitative estimate of drug-likeness (QED) is 0.861. The number of aromatic nitrogens is 2. The Morgan fingerprint density at radius 2 is 2.26 bits per heavy atom. The Hall–Kier alpha value is -0.920. The van der Waals surface area contributed by atoms with Gasteiger partial charge >= 0.3 is 0 Å². The van der Waals surface area contributed by atoms with E-state index < -0.39 is 10.0 Å². The molecular weight excluding hydrogens is 264 g/mol. The third kappa shape index (κ3) is 3.34. The maximum atomic E-state index is 11.9. The highest BCUT2D eigenvalue weighted by molar-refractivity contribution is 7.90. The van der Waals surface area contributed by atoms with Crippen LogP contribution in [0.15, 0.2) is 6.20 Å². The van der Waals surface area contributed by atoms with E-state index in [1.165, 1.54) is 7.05 Å². The second-order valence-electron chi connectivity index (χ2n) is 5.18. The molecule has 0 saturated carbocycles. The summed E-state index contributed by atoms with van der Waals surface area (Å²) in [5.41, 5.74) is 2.19. The highest BCUT2D eigenvalue weighted by atomic mass is 32.2. The summed E-state index contributed by atoms with van der Waals surface area (Å²) in [5, 5.41) is 4.11. The van der Waals surface area contributed by atoms with Gasteiger partial charge < -0.3 is 0 Å². The van der Waals surface area contributed by atoms with Gasteiger partial charge in [0.1, 0.15) is 0 Å². The number of hydrogen-bond donors (Lipinski definition) is 1. The lowest BCUT2D eigenvalue weighted by atomic mass is 10.1. The van der Waals surface area contributed by atoms with Crippen LogP contribution in [0.2, 0.25) is 0 Å². The van der Waals surface area contributed by atoms with E-state index in [1.807, 2.05) is 20.2 Å². The fourth-order valence-corrected chi connectivity index (χ4v) is 3.82. The van der Waals surface area contributed by atoms with Crippen LogP contribution >= 0.6 is 0 Å². The molecule has 0 radical (unpaired) electrons. The van der Waals surface area contributed by atoms with Crippen LogP contribution in [0.25, 0.3) is 0 Å². The van der Waals surface area contributed by atoms with Crippen molar-refractivity contribution < 1.29 is 8.42 Å². The maximum absolute atomic E-state index is 11.9. The van der Waals surface area contributed by atoms with E-state index in [-0.39, 0.29) is 5.25 Å². The molecule has 1 N–H and O–H groups in total. The smallest absolute Gasteiger partial charge is 0.215 e. The average Bonchev–Trinajstić information content (AvgIpc) is 2.68. The van der Waals surface area contributed by atoms with Crippen LogP contribution in [0.1, 0.15) is 24.1 Å². The van der Waals surface area contributed by atoms with Crippen molar-refractivity contribution in [3.63, 3.8) is 0 Å². The molecule has 0 bridgehead atoms. The van der Waals surface area contributed by atoms with Crippen molar-refractivity contribution in [1.29, 1.82) is 0 Å². The molecule has 7 heteroatoms. The molecule has 0 unspecified atom stereocenters. The molecule has 1 aliphatic heterocycles. The summed E-state index contributed by atoms with van der Waals surface area (Å²) >= 11 is 0. The first-order valence-corrected chi connectivity index (χ1v) is 8.11. The molecule has 1 fully saturated rings. The molecule has 108 valence electrons. The van der Waals surface area contributed by atoms with Crippen LogP contribution in [0.5, 0.6) is 0 Å². The largest absolute Gasteiger partial charge is 0.296 e. The first kappa shape index (κ1) is 14.5. The first-order valence-electron chi connectivity index (χ1n) is 6.56. The topological polar surface area (TPSA) is 67.2 Å². The zero-order chi connectivity index (χ0) is 14.0. The second-order valence-corrected chi connectivity index (χ2v) is 7.35. The van der Waals surface area contributed by atoms with Crippen LogP contribution in [-0.2, 0) is 23.6 Å². The van der Waals surface area contributed by atoms with Crippen molar-refractivity contribution >= 4 is 10.0 Å². The van der Waals surface area contributed by atoms with Gasteiger partial charge in [-0.05, 0) is 38.9 Å². The van der Waals surface area contributed by atoms with Crippen molar-refractivity contribution in [2.75, 3.05) is 20.1 Å². The molecule has 1 aromatic rings. The number of nitrogens with one attached hydrogen (secondary N) is 1. The van der Waals surface area contributed by atoms with Crippen molar-refractivity contribution in [3.8, 4) is 0 Å². The summed E-state index contributed by atoms with van der Waals surface area (Å²) in [6.07, 6.45) is 3.64. The summed E-state index contributed by atoms with van der Waals surface area (Å²) in [6, 6.07) is 0. The highest BCUT2D eigenvalue weighted by Crippen LogP contribution is 2.18. The van der Waals surface area contributed by atoms with E-state index in [0.717, 1.165) is 37.2 Å². The molecule has 6 nitrogen and oxygen atoms in total. The number of hydrogen-bond acceptors (Lipinski definition) is 4. The minimum absolute atomic E-state index is 0.310. The Morgan fingerprint density at radius 1 is 1.53 bits per heavy atom. The molecule has 0 aliphatic carbocycles. The second kappa shape index (κ2) is 5.60. The lowest BCUT2D eigenvalue weighted by Gasteiger charge is -2.31. The molecule has 1 saturated heterocycles. The summed E-state index contributed by atoms with van der Waals surface area (Å²) in [7, 11) is 0.218.